The summed E-state index contributed by atoms with van der Waals surface area (Å²) in [5.41, 5.74) is 4.87. The number of hydrogen-bond donors (Lipinski definition) is 1. The van der Waals surface area contributed by atoms with Crippen LogP contribution in [0.15, 0.2) is 12.1 Å². The van der Waals surface area contributed by atoms with E-state index in [1.807, 2.05) is 11.8 Å². The molecule has 2 N–H and O–H groups in total. The van der Waals surface area contributed by atoms with Crippen molar-refractivity contribution in [2.45, 2.75) is 38.0 Å². The third-order valence-corrected chi connectivity index (χ3v) is 3.15. The first-order valence-corrected chi connectivity index (χ1v) is 5.81. The minimum absolute atomic E-state index is 0.152. The SMILES string of the molecule is CC1CC(N)CCN1c1ccc(C(F)(F)F)nn1. The van der Waals surface area contributed by atoms with Gasteiger partial charge in [-0.15, -0.1) is 10.2 Å². The maximum absolute atomic E-state index is 12.4. The van der Waals surface area contributed by atoms with Crippen LogP contribution >= 0.6 is 0 Å². The first-order chi connectivity index (χ1) is 8.38. The molecule has 2 heterocycles. The second-order valence-corrected chi connectivity index (χ2v) is 4.60. The van der Waals surface area contributed by atoms with Crippen molar-refractivity contribution in [1.82, 2.24) is 10.2 Å². The molecule has 7 heteroatoms. The van der Waals surface area contributed by atoms with Crippen LogP contribution in [0.2, 0.25) is 0 Å². The van der Waals surface area contributed by atoms with Gasteiger partial charge in [-0.1, -0.05) is 0 Å². The average molecular weight is 260 g/mol. The summed E-state index contributed by atoms with van der Waals surface area (Å²) in [7, 11) is 0. The highest BCUT2D eigenvalue weighted by molar-refractivity contribution is 5.39. The highest BCUT2D eigenvalue weighted by atomic mass is 19.4. The maximum atomic E-state index is 12.4. The molecule has 1 aromatic heterocycles. The van der Waals surface area contributed by atoms with Gasteiger partial charge in [0.1, 0.15) is 0 Å². The summed E-state index contributed by atoms with van der Waals surface area (Å²) >= 11 is 0. The first-order valence-electron chi connectivity index (χ1n) is 5.81. The van der Waals surface area contributed by atoms with E-state index < -0.39 is 11.9 Å². The Morgan fingerprint density at radius 2 is 2.06 bits per heavy atom. The molecule has 1 aromatic rings. The van der Waals surface area contributed by atoms with Crippen LogP contribution < -0.4 is 10.6 Å². The lowest BCUT2D eigenvalue weighted by Crippen LogP contribution is -2.46. The summed E-state index contributed by atoms with van der Waals surface area (Å²) in [6, 6.07) is 2.64. The van der Waals surface area contributed by atoms with E-state index in [9.17, 15) is 13.2 Å². The van der Waals surface area contributed by atoms with Crippen molar-refractivity contribution in [2.75, 3.05) is 11.4 Å². The van der Waals surface area contributed by atoms with Crippen molar-refractivity contribution in [3.8, 4) is 0 Å². The Kier molecular flexibility index (Phi) is 3.43. The second-order valence-electron chi connectivity index (χ2n) is 4.60. The van der Waals surface area contributed by atoms with Crippen LogP contribution in [0.5, 0.6) is 0 Å². The third kappa shape index (κ3) is 2.72. The quantitative estimate of drug-likeness (QED) is 0.836. The summed E-state index contributed by atoms with van der Waals surface area (Å²) in [4.78, 5) is 1.94. The average Bonchev–Trinajstić information content (AvgIpc) is 2.28. The van der Waals surface area contributed by atoms with Gasteiger partial charge in [-0.25, -0.2) is 0 Å². The molecule has 2 unspecified atom stereocenters. The molecule has 0 spiro atoms. The molecule has 0 saturated carbocycles. The van der Waals surface area contributed by atoms with Crippen molar-refractivity contribution >= 4 is 5.82 Å². The van der Waals surface area contributed by atoms with Crippen LogP contribution in [-0.2, 0) is 6.18 Å². The lowest BCUT2D eigenvalue weighted by molar-refractivity contribution is -0.141. The zero-order chi connectivity index (χ0) is 13.3. The molecule has 0 amide bonds. The van der Waals surface area contributed by atoms with Crippen molar-refractivity contribution in [3.05, 3.63) is 17.8 Å². The molecule has 2 atom stereocenters. The summed E-state index contributed by atoms with van der Waals surface area (Å²) in [6.07, 6.45) is -2.82. The van der Waals surface area contributed by atoms with Crippen molar-refractivity contribution in [1.29, 1.82) is 0 Å². The predicted molar refractivity (Wildman–Crippen MR) is 61.1 cm³/mol. The van der Waals surface area contributed by atoms with E-state index in [1.54, 1.807) is 0 Å². The smallest absolute Gasteiger partial charge is 0.352 e. The molecule has 0 bridgehead atoms. The Morgan fingerprint density at radius 3 is 2.56 bits per heavy atom. The summed E-state index contributed by atoms with van der Waals surface area (Å²) < 4.78 is 37.1. The number of anilines is 1. The fourth-order valence-electron chi connectivity index (χ4n) is 2.18. The van der Waals surface area contributed by atoms with Gasteiger partial charge >= 0.3 is 6.18 Å². The summed E-state index contributed by atoms with van der Waals surface area (Å²) in [6.45, 7) is 2.68. The number of piperidine rings is 1. The normalized spacial score (nSPS) is 25.3. The van der Waals surface area contributed by atoms with Gasteiger partial charge in [-0.05, 0) is 31.9 Å². The van der Waals surface area contributed by atoms with Crippen LogP contribution in [0.4, 0.5) is 19.0 Å². The predicted octanol–water partition coefficient (Wildman–Crippen LogP) is 1.81. The first kappa shape index (κ1) is 13.1. The van der Waals surface area contributed by atoms with Gasteiger partial charge in [0, 0.05) is 18.6 Å². The lowest BCUT2D eigenvalue weighted by atomic mass is 9.99. The molecule has 1 aliphatic heterocycles. The standard InChI is InChI=1S/C11H15F3N4/c1-7-6-8(15)4-5-18(7)10-3-2-9(16-17-10)11(12,13)14/h2-3,7-8H,4-6,15H2,1H3. The second kappa shape index (κ2) is 4.72. The molecule has 0 aliphatic carbocycles. The number of rotatable bonds is 1. The summed E-state index contributed by atoms with van der Waals surface area (Å²) in [5.74, 6) is 0.474. The van der Waals surface area contributed by atoms with Crippen LogP contribution in [-0.4, -0.2) is 28.8 Å². The minimum Gasteiger partial charge on any atom is -0.352 e. The Morgan fingerprint density at radius 1 is 1.33 bits per heavy atom. The van der Waals surface area contributed by atoms with E-state index in [4.69, 9.17) is 5.73 Å². The third-order valence-electron chi connectivity index (χ3n) is 3.15. The van der Waals surface area contributed by atoms with E-state index in [2.05, 4.69) is 10.2 Å². The molecule has 0 aromatic carbocycles. The van der Waals surface area contributed by atoms with Crippen LogP contribution in [0.3, 0.4) is 0 Å². The largest absolute Gasteiger partial charge is 0.435 e. The Labute approximate surface area is 103 Å². The molecule has 100 valence electrons. The minimum atomic E-state index is -4.44. The molecule has 1 aliphatic rings. The number of halogens is 3. The van der Waals surface area contributed by atoms with Gasteiger partial charge in [-0.2, -0.15) is 13.2 Å². The number of aromatic nitrogens is 2. The Bertz CT molecular complexity index is 404. The maximum Gasteiger partial charge on any atom is 0.435 e. The monoisotopic (exact) mass is 260 g/mol. The zero-order valence-corrected chi connectivity index (χ0v) is 9.98. The molecule has 1 fully saturated rings. The van der Waals surface area contributed by atoms with Gasteiger partial charge in [0.25, 0.3) is 0 Å². The Hall–Kier alpha value is -1.37. The molecular formula is C11H15F3N4. The fraction of sp³-hybridized carbons (Fsp3) is 0.636. The topological polar surface area (TPSA) is 55.0 Å². The zero-order valence-electron chi connectivity index (χ0n) is 9.98. The summed E-state index contributed by atoms with van der Waals surface area (Å²) in [5, 5.41) is 6.89. The fourth-order valence-corrected chi connectivity index (χ4v) is 2.18. The number of alkyl halides is 3. The van der Waals surface area contributed by atoms with Gasteiger partial charge in [0.05, 0.1) is 0 Å². The van der Waals surface area contributed by atoms with Gasteiger partial charge < -0.3 is 10.6 Å². The lowest BCUT2D eigenvalue weighted by Gasteiger charge is -2.36. The van der Waals surface area contributed by atoms with Crippen molar-refractivity contribution < 1.29 is 13.2 Å². The highest BCUT2D eigenvalue weighted by Crippen LogP contribution is 2.28. The van der Waals surface area contributed by atoms with Gasteiger partial charge in [0.2, 0.25) is 0 Å². The van der Waals surface area contributed by atoms with E-state index in [0.29, 0.717) is 12.4 Å². The molecule has 1 saturated heterocycles. The number of nitrogens with zero attached hydrogens (tertiary/aromatic N) is 3. The number of nitrogens with two attached hydrogens (primary N) is 1. The molecular weight excluding hydrogens is 245 g/mol. The Balaban J connectivity index is 2.15. The van der Waals surface area contributed by atoms with Gasteiger partial charge in [0.15, 0.2) is 11.5 Å². The number of hydrogen-bond acceptors (Lipinski definition) is 4. The van der Waals surface area contributed by atoms with E-state index in [0.717, 1.165) is 18.9 Å². The van der Waals surface area contributed by atoms with Crippen molar-refractivity contribution in [2.24, 2.45) is 5.73 Å². The van der Waals surface area contributed by atoms with E-state index in [-0.39, 0.29) is 12.1 Å². The van der Waals surface area contributed by atoms with Crippen molar-refractivity contribution in [3.63, 3.8) is 0 Å². The van der Waals surface area contributed by atoms with Gasteiger partial charge in [-0.3, -0.25) is 0 Å². The van der Waals surface area contributed by atoms with Crippen LogP contribution in [0.1, 0.15) is 25.5 Å². The van der Waals surface area contributed by atoms with Crippen LogP contribution in [0.25, 0.3) is 0 Å². The van der Waals surface area contributed by atoms with Crippen LogP contribution in [0, 0.1) is 0 Å². The molecule has 4 nitrogen and oxygen atoms in total. The van der Waals surface area contributed by atoms with E-state index >= 15 is 0 Å². The molecule has 18 heavy (non-hydrogen) atoms. The van der Waals surface area contributed by atoms with E-state index in [1.165, 1.54) is 6.07 Å². The molecule has 0 radical (unpaired) electrons. The highest BCUT2D eigenvalue weighted by Gasteiger charge is 2.33. The molecule has 2 rings (SSSR count).